The van der Waals surface area contributed by atoms with E-state index in [0.717, 1.165) is 25.6 Å². The average molecular weight is 454 g/mol. The fourth-order valence-corrected chi connectivity index (χ4v) is 4.30. The molecule has 1 amide bonds. The summed E-state index contributed by atoms with van der Waals surface area (Å²) in [6.07, 6.45) is -3.65. The van der Waals surface area contributed by atoms with Gasteiger partial charge in [-0.3, -0.25) is 9.69 Å². The highest BCUT2D eigenvalue weighted by Crippen LogP contribution is 2.31. The number of hydrogen-bond acceptors (Lipinski definition) is 5. The molecule has 0 N–H and O–H groups in total. The molecule has 2 aromatic rings. The Morgan fingerprint density at radius 3 is 2.39 bits per heavy atom. The first-order valence-electron chi connectivity index (χ1n) is 10.2. The third kappa shape index (κ3) is 4.93. The molecule has 0 unspecified atom stereocenters. The third-order valence-electron chi connectivity index (χ3n) is 5.81. The van der Waals surface area contributed by atoms with Crippen molar-refractivity contribution in [2.24, 2.45) is 0 Å². The Bertz CT molecular complexity index is 945. The van der Waals surface area contributed by atoms with Gasteiger partial charge in [-0.2, -0.15) is 13.2 Å². The standard InChI is InChI=1S/C21H23ClF3N5O/c1-14-26-18(21(23,24)25)12-19(27-14)30-7-6-17(13-30)28-8-10-29(11-9-28)20(31)15-2-4-16(22)5-3-15/h2-5,12,17H,6-11,13H2,1H3/t17-/m0/s1. The second-order valence-electron chi connectivity index (χ2n) is 7.88. The zero-order valence-electron chi connectivity index (χ0n) is 17.1. The lowest BCUT2D eigenvalue weighted by Gasteiger charge is -2.38. The molecule has 2 fully saturated rings. The van der Waals surface area contributed by atoms with E-state index in [2.05, 4.69) is 14.9 Å². The first kappa shape index (κ1) is 21.8. The van der Waals surface area contributed by atoms with E-state index >= 15 is 0 Å². The number of nitrogens with zero attached hydrogens (tertiary/aromatic N) is 5. The summed E-state index contributed by atoms with van der Waals surface area (Å²) >= 11 is 5.89. The monoisotopic (exact) mass is 453 g/mol. The maximum absolute atomic E-state index is 13.1. The van der Waals surface area contributed by atoms with E-state index in [1.54, 1.807) is 24.3 Å². The van der Waals surface area contributed by atoms with Crippen molar-refractivity contribution in [3.8, 4) is 0 Å². The van der Waals surface area contributed by atoms with Gasteiger partial charge in [0.1, 0.15) is 17.3 Å². The van der Waals surface area contributed by atoms with Crippen molar-refractivity contribution in [1.29, 1.82) is 0 Å². The number of halogens is 4. The number of carbonyl (C=O) groups is 1. The van der Waals surface area contributed by atoms with E-state index in [4.69, 9.17) is 11.6 Å². The van der Waals surface area contributed by atoms with Gasteiger partial charge < -0.3 is 9.80 Å². The summed E-state index contributed by atoms with van der Waals surface area (Å²) in [6, 6.07) is 8.11. The van der Waals surface area contributed by atoms with E-state index < -0.39 is 11.9 Å². The molecule has 0 bridgehead atoms. The van der Waals surface area contributed by atoms with Crippen LogP contribution in [0, 0.1) is 6.92 Å². The highest BCUT2D eigenvalue weighted by Gasteiger charge is 2.36. The molecule has 1 atom stereocenters. The predicted octanol–water partition coefficient (Wildman–Crippen LogP) is 3.49. The maximum Gasteiger partial charge on any atom is 0.433 e. The quantitative estimate of drug-likeness (QED) is 0.712. The maximum atomic E-state index is 13.1. The summed E-state index contributed by atoms with van der Waals surface area (Å²) in [6.45, 7) is 5.42. The number of benzene rings is 1. The molecule has 0 saturated carbocycles. The summed E-state index contributed by atoms with van der Waals surface area (Å²) in [5, 5.41) is 0.591. The van der Waals surface area contributed by atoms with Crippen LogP contribution < -0.4 is 4.90 Å². The first-order valence-corrected chi connectivity index (χ1v) is 10.6. The predicted molar refractivity (Wildman–Crippen MR) is 111 cm³/mol. The highest BCUT2D eigenvalue weighted by molar-refractivity contribution is 6.30. The minimum Gasteiger partial charge on any atom is -0.355 e. The fourth-order valence-electron chi connectivity index (χ4n) is 4.17. The summed E-state index contributed by atoms with van der Waals surface area (Å²) in [5.74, 6) is 0.419. The van der Waals surface area contributed by atoms with Crippen molar-refractivity contribution >= 4 is 23.3 Å². The van der Waals surface area contributed by atoms with Gasteiger partial charge in [-0.15, -0.1) is 0 Å². The van der Waals surface area contributed by atoms with E-state index in [1.807, 2.05) is 9.80 Å². The van der Waals surface area contributed by atoms with Crippen LogP contribution in [0.1, 0.15) is 28.3 Å². The Labute approximate surface area is 183 Å². The van der Waals surface area contributed by atoms with Crippen LogP contribution in [0.4, 0.5) is 19.0 Å². The molecule has 4 rings (SSSR count). The van der Waals surface area contributed by atoms with Crippen molar-refractivity contribution in [3.05, 3.63) is 52.4 Å². The van der Waals surface area contributed by atoms with Crippen molar-refractivity contribution in [1.82, 2.24) is 19.8 Å². The largest absolute Gasteiger partial charge is 0.433 e. The molecule has 0 radical (unpaired) electrons. The lowest BCUT2D eigenvalue weighted by Crippen LogP contribution is -2.52. The fraction of sp³-hybridized carbons (Fsp3) is 0.476. The van der Waals surface area contributed by atoms with Gasteiger partial charge in [0.25, 0.3) is 5.91 Å². The number of hydrogen-bond donors (Lipinski definition) is 0. The molecule has 0 aliphatic carbocycles. The van der Waals surface area contributed by atoms with Crippen LogP contribution in [-0.4, -0.2) is 71.0 Å². The molecule has 3 heterocycles. The minimum absolute atomic E-state index is 0.0134. The summed E-state index contributed by atoms with van der Waals surface area (Å²) < 4.78 is 39.3. The molecule has 1 aromatic carbocycles. The lowest BCUT2D eigenvalue weighted by atomic mass is 10.1. The number of alkyl halides is 3. The van der Waals surface area contributed by atoms with Crippen molar-refractivity contribution in [2.75, 3.05) is 44.2 Å². The molecular formula is C21H23ClF3N5O. The molecule has 31 heavy (non-hydrogen) atoms. The van der Waals surface area contributed by atoms with Gasteiger partial charge in [0.05, 0.1) is 0 Å². The van der Waals surface area contributed by atoms with Gasteiger partial charge in [0, 0.05) is 62.0 Å². The van der Waals surface area contributed by atoms with E-state index in [9.17, 15) is 18.0 Å². The first-order chi connectivity index (χ1) is 14.7. The summed E-state index contributed by atoms with van der Waals surface area (Å²) in [5.41, 5.74) is -0.294. The van der Waals surface area contributed by atoms with E-state index in [-0.39, 0.29) is 17.8 Å². The van der Waals surface area contributed by atoms with Crippen LogP contribution in [0.15, 0.2) is 30.3 Å². The molecular weight excluding hydrogens is 431 g/mol. The van der Waals surface area contributed by atoms with Gasteiger partial charge >= 0.3 is 6.18 Å². The molecule has 0 spiro atoms. The Morgan fingerprint density at radius 1 is 1.06 bits per heavy atom. The minimum atomic E-state index is -4.49. The van der Waals surface area contributed by atoms with Gasteiger partial charge in [0.2, 0.25) is 0 Å². The molecule has 2 aliphatic rings. The van der Waals surface area contributed by atoms with Crippen LogP contribution in [0.25, 0.3) is 0 Å². The molecule has 10 heteroatoms. The smallest absolute Gasteiger partial charge is 0.355 e. The van der Waals surface area contributed by atoms with Crippen LogP contribution in [0.2, 0.25) is 5.02 Å². The van der Waals surface area contributed by atoms with Gasteiger partial charge in [0.15, 0.2) is 0 Å². The number of carbonyl (C=O) groups excluding carboxylic acids is 1. The van der Waals surface area contributed by atoms with E-state index in [1.165, 1.54) is 6.92 Å². The van der Waals surface area contributed by atoms with Crippen LogP contribution in [0.3, 0.4) is 0 Å². The zero-order valence-corrected chi connectivity index (χ0v) is 17.8. The third-order valence-corrected chi connectivity index (χ3v) is 6.06. The topological polar surface area (TPSA) is 52.6 Å². The second kappa shape index (κ2) is 8.63. The Morgan fingerprint density at radius 2 is 1.74 bits per heavy atom. The van der Waals surface area contributed by atoms with Gasteiger partial charge in [-0.25, -0.2) is 9.97 Å². The number of amides is 1. The number of aryl methyl sites for hydroxylation is 1. The van der Waals surface area contributed by atoms with Gasteiger partial charge in [-0.1, -0.05) is 11.6 Å². The van der Waals surface area contributed by atoms with Crippen LogP contribution in [-0.2, 0) is 6.18 Å². The molecule has 2 aliphatic heterocycles. The normalized spacial score (nSPS) is 20.4. The van der Waals surface area contributed by atoms with Crippen molar-refractivity contribution < 1.29 is 18.0 Å². The molecule has 2 saturated heterocycles. The molecule has 6 nitrogen and oxygen atoms in total. The van der Waals surface area contributed by atoms with Crippen molar-refractivity contribution in [3.63, 3.8) is 0 Å². The second-order valence-corrected chi connectivity index (χ2v) is 8.32. The van der Waals surface area contributed by atoms with Gasteiger partial charge in [-0.05, 0) is 37.6 Å². The Balaban J connectivity index is 1.35. The lowest BCUT2D eigenvalue weighted by molar-refractivity contribution is -0.141. The van der Waals surface area contributed by atoms with Crippen molar-refractivity contribution in [2.45, 2.75) is 25.6 Å². The Kier molecular flexibility index (Phi) is 6.07. The highest BCUT2D eigenvalue weighted by atomic mass is 35.5. The number of rotatable bonds is 3. The summed E-state index contributed by atoms with van der Waals surface area (Å²) in [7, 11) is 0. The molecule has 166 valence electrons. The zero-order chi connectivity index (χ0) is 22.2. The Hall–Kier alpha value is -2.39. The number of piperazine rings is 1. The number of aromatic nitrogens is 2. The van der Waals surface area contributed by atoms with Crippen LogP contribution >= 0.6 is 11.6 Å². The average Bonchev–Trinajstić information content (AvgIpc) is 3.23. The summed E-state index contributed by atoms with van der Waals surface area (Å²) in [4.78, 5) is 26.4. The molecule has 1 aromatic heterocycles. The number of anilines is 1. The SMILES string of the molecule is Cc1nc(N2CC[C@H](N3CCN(C(=O)c4ccc(Cl)cc4)CC3)C2)cc(C(F)(F)F)n1. The van der Waals surface area contributed by atoms with Crippen LogP contribution in [0.5, 0.6) is 0 Å². The van der Waals surface area contributed by atoms with E-state index in [0.29, 0.717) is 42.6 Å².